The first-order valence-corrected chi connectivity index (χ1v) is 12.9. The van der Waals surface area contributed by atoms with Gasteiger partial charge >= 0.3 is 0 Å². The molecule has 0 fully saturated rings. The average molecular weight is 503 g/mol. The van der Waals surface area contributed by atoms with Crippen molar-refractivity contribution >= 4 is 43.6 Å². The lowest BCUT2D eigenvalue weighted by atomic mass is 10.0. The molecule has 0 N–H and O–H groups in total. The summed E-state index contributed by atoms with van der Waals surface area (Å²) in [7, 11) is 0. The smallest absolute Gasteiger partial charge is 0.0725 e. The van der Waals surface area contributed by atoms with Crippen molar-refractivity contribution in [2.45, 2.75) is 6.92 Å². The van der Waals surface area contributed by atoms with E-state index in [1.807, 2.05) is 49.6 Å². The van der Waals surface area contributed by atoms with E-state index in [9.17, 15) is 0 Å². The Hall–Kier alpha value is -5.36. The van der Waals surface area contributed by atoms with Gasteiger partial charge in [-0.25, -0.2) is 0 Å². The van der Waals surface area contributed by atoms with Gasteiger partial charge in [-0.3, -0.25) is 19.9 Å². The zero-order valence-corrected chi connectivity index (χ0v) is 21.2. The Morgan fingerprint density at radius 2 is 0.974 bits per heavy atom. The van der Waals surface area contributed by atoms with Crippen LogP contribution < -0.4 is 0 Å². The lowest BCUT2D eigenvalue weighted by molar-refractivity contribution is 1.15. The van der Waals surface area contributed by atoms with Crippen molar-refractivity contribution in [1.82, 2.24) is 29.1 Å². The molecule has 6 heteroatoms. The van der Waals surface area contributed by atoms with Gasteiger partial charge < -0.3 is 9.13 Å². The van der Waals surface area contributed by atoms with E-state index in [1.54, 1.807) is 0 Å². The SMILES string of the molecule is Cc1cncc2c3ccncc3n(-c3ccc(-c4ccc(-n5c6ccncc6c6ccncc65)cc4)cc3)c12. The van der Waals surface area contributed by atoms with E-state index >= 15 is 0 Å². The molecular weight excluding hydrogens is 480 g/mol. The van der Waals surface area contributed by atoms with Crippen molar-refractivity contribution in [3.05, 3.63) is 122 Å². The first kappa shape index (κ1) is 21.7. The van der Waals surface area contributed by atoms with Crippen LogP contribution in [0.2, 0.25) is 0 Å². The molecule has 6 nitrogen and oxygen atoms in total. The van der Waals surface area contributed by atoms with E-state index in [0.29, 0.717) is 0 Å². The standard InChI is InChI=1S/C33H22N6/c1-21-16-37-18-29-27-11-14-36-20-32(27)39(33(21)29)25-8-4-23(5-9-25)22-2-6-24(7-3-22)38-30-12-15-34-17-28(30)26-10-13-35-19-31(26)38/h2-20H,1H3. The summed E-state index contributed by atoms with van der Waals surface area (Å²) in [4.78, 5) is 17.6. The minimum absolute atomic E-state index is 1.07. The molecule has 0 amide bonds. The highest BCUT2D eigenvalue weighted by Crippen LogP contribution is 2.34. The van der Waals surface area contributed by atoms with Gasteiger partial charge in [-0.2, -0.15) is 0 Å². The van der Waals surface area contributed by atoms with Crippen LogP contribution in [0.5, 0.6) is 0 Å². The van der Waals surface area contributed by atoms with Gasteiger partial charge in [0.15, 0.2) is 0 Å². The Balaban J connectivity index is 1.21. The summed E-state index contributed by atoms with van der Waals surface area (Å²) in [6.45, 7) is 2.11. The third-order valence-electron chi connectivity index (χ3n) is 7.61. The molecule has 6 aromatic heterocycles. The molecule has 0 aliphatic heterocycles. The van der Waals surface area contributed by atoms with Crippen LogP contribution in [0, 0.1) is 6.92 Å². The van der Waals surface area contributed by atoms with E-state index in [4.69, 9.17) is 0 Å². The van der Waals surface area contributed by atoms with Crippen molar-refractivity contribution in [3.8, 4) is 22.5 Å². The van der Waals surface area contributed by atoms with Crippen LogP contribution in [0.15, 0.2) is 116 Å². The van der Waals surface area contributed by atoms with E-state index in [-0.39, 0.29) is 0 Å². The van der Waals surface area contributed by atoms with Gasteiger partial charge in [-0.1, -0.05) is 24.3 Å². The largest absolute Gasteiger partial charge is 0.308 e. The predicted octanol–water partition coefficient (Wildman–Crippen LogP) is 7.44. The molecule has 6 heterocycles. The molecule has 0 spiro atoms. The van der Waals surface area contributed by atoms with Crippen LogP contribution >= 0.6 is 0 Å². The Bertz CT molecular complexity index is 2120. The van der Waals surface area contributed by atoms with E-state index in [0.717, 1.165) is 66.2 Å². The number of pyridine rings is 4. The molecular formula is C33H22N6. The molecule has 0 aliphatic carbocycles. The fraction of sp³-hybridized carbons (Fsp3) is 0.0303. The number of aryl methyl sites for hydroxylation is 1. The highest BCUT2D eigenvalue weighted by molar-refractivity contribution is 6.10. The number of benzene rings is 2. The summed E-state index contributed by atoms with van der Waals surface area (Å²) in [6.07, 6.45) is 15.2. The number of fused-ring (bicyclic) bond motifs is 6. The van der Waals surface area contributed by atoms with Crippen molar-refractivity contribution in [3.63, 3.8) is 0 Å². The minimum Gasteiger partial charge on any atom is -0.308 e. The van der Waals surface area contributed by atoms with Crippen LogP contribution in [0.4, 0.5) is 0 Å². The Labute approximate surface area is 223 Å². The molecule has 0 radical (unpaired) electrons. The first-order chi connectivity index (χ1) is 19.3. The second-order valence-electron chi connectivity index (χ2n) is 9.80. The van der Waals surface area contributed by atoms with Crippen molar-refractivity contribution in [2.24, 2.45) is 0 Å². The lowest BCUT2D eigenvalue weighted by Crippen LogP contribution is -1.96. The van der Waals surface area contributed by atoms with E-state index < -0.39 is 0 Å². The van der Waals surface area contributed by atoms with Crippen molar-refractivity contribution in [1.29, 1.82) is 0 Å². The molecule has 8 rings (SSSR count). The molecule has 0 aliphatic rings. The molecule has 0 saturated carbocycles. The van der Waals surface area contributed by atoms with E-state index in [1.165, 1.54) is 5.52 Å². The molecule has 184 valence electrons. The normalized spacial score (nSPS) is 11.7. The van der Waals surface area contributed by atoms with Gasteiger partial charge in [0.05, 0.1) is 34.5 Å². The zero-order chi connectivity index (χ0) is 25.9. The summed E-state index contributed by atoms with van der Waals surface area (Å²) in [5.41, 5.74) is 10.1. The van der Waals surface area contributed by atoms with Crippen LogP contribution in [0.1, 0.15) is 5.56 Å². The summed E-state index contributed by atoms with van der Waals surface area (Å²) >= 11 is 0. The Morgan fingerprint density at radius 3 is 1.67 bits per heavy atom. The van der Waals surface area contributed by atoms with Crippen molar-refractivity contribution < 1.29 is 0 Å². The highest BCUT2D eigenvalue weighted by Gasteiger charge is 2.15. The third kappa shape index (κ3) is 3.21. The summed E-state index contributed by atoms with van der Waals surface area (Å²) < 4.78 is 4.53. The number of aromatic nitrogens is 6. The fourth-order valence-corrected chi connectivity index (χ4v) is 5.83. The molecule has 8 aromatic rings. The number of nitrogens with zero attached hydrogens (tertiary/aromatic N) is 6. The third-order valence-corrected chi connectivity index (χ3v) is 7.61. The summed E-state index contributed by atoms with van der Waals surface area (Å²) in [5, 5.41) is 4.58. The van der Waals surface area contributed by atoms with Crippen LogP contribution in [-0.4, -0.2) is 29.1 Å². The molecule has 39 heavy (non-hydrogen) atoms. The van der Waals surface area contributed by atoms with Gasteiger partial charge in [0, 0.05) is 70.1 Å². The maximum Gasteiger partial charge on any atom is 0.0725 e. The summed E-state index contributed by atoms with van der Waals surface area (Å²) in [6, 6.07) is 23.6. The quantitative estimate of drug-likeness (QED) is 0.252. The highest BCUT2D eigenvalue weighted by atomic mass is 15.0. The molecule has 0 unspecified atom stereocenters. The number of hydrogen-bond donors (Lipinski definition) is 0. The first-order valence-electron chi connectivity index (χ1n) is 12.9. The lowest BCUT2D eigenvalue weighted by Gasteiger charge is -2.11. The molecule has 2 aromatic carbocycles. The van der Waals surface area contributed by atoms with Crippen LogP contribution in [0.3, 0.4) is 0 Å². The number of rotatable bonds is 3. The number of hydrogen-bond acceptors (Lipinski definition) is 4. The maximum atomic E-state index is 4.44. The van der Waals surface area contributed by atoms with E-state index in [2.05, 4.69) is 103 Å². The van der Waals surface area contributed by atoms with Gasteiger partial charge in [-0.15, -0.1) is 0 Å². The topological polar surface area (TPSA) is 61.4 Å². The predicted molar refractivity (Wildman–Crippen MR) is 156 cm³/mol. The van der Waals surface area contributed by atoms with Gasteiger partial charge in [0.2, 0.25) is 0 Å². The van der Waals surface area contributed by atoms with Gasteiger partial charge in [-0.05, 0) is 66.1 Å². The summed E-state index contributed by atoms with van der Waals surface area (Å²) in [5.74, 6) is 0. The van der Waals surface area contributed by atoms with Crippen LogP contribution in [-0.2, 0) is 0 Å². The monoisotopic (exact) mass is 502 g/mol. The Kier molecular flexibility index (Phi) is 4.63. The minimum atomic E-state index is 1.07. The average Bonchev–Trinajstić information content (AvgIpc) is 3.52. The van der Waals surface area contributed by atoms with Crippen LogP contribution in [0.25, 0.3) is 66.1 Å². The zero-order valence-electron chi connectivity index (χ0n) is 21.2. The van der Waals surface area contributed by atoms with Gasteiger partial charge in [0.25, 0.3) is 0 Å². The maximum absolute atomic E-state index is 4.44. The second kappa shape index (κ2) is 8.33. The Morgan fingerprint density at radius 1 is 0.436 bits per heavy atom. The molecule has 0 bridgehead atoms. The van der Waals surface area contributed by atoms with Gasteiger partial charge in [0.1, 0.15) is 0 Å². The van der Waals surface area contributed by atoms with Crippen molar-refractivity contribution in [2.75, 3.05) is 0 Å². The second-order valence-corrected chi connectivity index (χ2v) is 9.80. The molecule has 0 atom stereocenters. The molecule has 0 saturated heterocycles. The fourth-order valence-electron chi connectivity index (χ4n) is 5.83.